The molecule has 9 heteroatoms. The van der Waals surface area contributed by atoms with Crippen LogP contribution in [0.5, 0.6) is 0 Å². The van der Waals surface area contributed by atoms with Crippen LogP contribution in [-0.4, -0.2) is 71.7 Å². The molecule has 0 aliphatic carbocycles. The van der Waals surface area contributed by atoms with Crippen molar-refractivity contribution in [2.24, 2.45) is 5.92 Å². The molecule has 6 nitrogen and oxygen atoms in total. The minimum atomic E-state index is -4.45. The molecule has 186 valence electrons. The zero-order chi connectivity index (χ0) is 25.0. The first-order valence-electron chi connectivity index (χ1n) is 11.8. The number of halogens is 3. The molecular formula is C26H28F3N3O3. The highest BCUT2D eigenvalue weighted by Crippen LogP contribution is 2.29. The first kappa shape index (κ1) is 24.8. The lowest BCUT2D eigenvalue weighted by Gasteiger charge is -2.39. The van der Waals surface area contributed by atoms with Crippen LogP contribution in [0, 0.1) is 5.92 Å². The fourth-order valence-electron chi connectivity index (χ4n) is 4.66. The number of carbonyl (C=O) groups excluding carboxylic acids is 3. The van der Waals surface area contributed by atoms with E-state index in [1.807, 2.05) is 30.3 Å². The quantitative estimate of drug-likeness (QED) is 0.664. The van der Waals surface area contributed by atoms with E-state index >= 15 is 0 Å². The number of alkyl halides is 3. The predicted molar refractivity (Wildman–Crippen MR) is 123 cm³/mol. The molecule has 0 N–H and O–H groups in total. The first-order valence-corrected chi connectivity index (χ1v) is 11.8. The number of hydrogen-bond acceptors (Lipinski definition) is 3. The Kier molecular flexibility index (Phi) is 7.42. The average molecular weight is 488 g/mol. The maximum atomic E-state index is 13.1. The molecule has 0 saturated carbocycles. The van der Waals surface area contributed by atoms with E-state index in [0.717, 1.165) is 30.5 Å². The maximum Gasteiger partial charge on any atom is 0.416 e. The highest BCUT2D eigenvalue weighted by molar-refractivity contribution is 5.94. The molecule has 35 heavy (non-hydrogen) atoms. The lowest BCUT2D eigenvalue weighted by Crippen LogP contribution is -2.54. The Labute approximate surface area is 202 Å². The SMILES string of the molecule is O=C(Cc1ccccc1)N1CCCC(C(=O)N2CCN(C(=O)c3ccc(C(F)(F)F)cc3)CC2)C1. The van der Waals surface area contributed by atoms with Crippen molar-refractivity contribution in [1.29, 1.82) is 0 Å². The first-order chi connectivity index (χ1) is 16.7. The van der Waals surface area contributed by atoms with Crippen LogP contribution in [0.3, 0.4) is 0 Å². The molecule has 3 amide bonds. The molecule has 2 aliphatic rings. The number of piperazine rings is 1. The molecule has 2 aromatic carbocycles. The summed E-state index contributed by atoms with van der Waals surface area (Å²) in [4.78, 5) is 43.6. The van der Waals surface area contributed by atoms with Crippen LogP contribution in [0.1, 0.15) is 34.3 Å². The topological polar surface area (TPSA) is 60.9 Å². The number of nitrogens with zero attached hydrogens (tertiary/aromatic N) is 3. The zero-order valence-corrected chi connectivity index (χ0v) is 19.3. The molecule has 0 spiro atoms. The van der Waals surface area contributed by atoms with Gasteiger partial charge in [0.15, 0.2) is 0 Å². The number of amides is 3. The van der Waals surface area contributed by atoms with Crippen molar-refractivity contribution in [3.05, 3.63) is 71.3 Å². The molecule has 4 rings (SSSR count). The third-order valence-electron chi connectivity index (χ3n) is 6.66. The van der Waals surface area contributed by atoms with Gasteiger partial charge in [-0.05, 0) is 42.7 Å². The van der Waals surface area contributed by atoms with E-state index in [1.165, 1.54) is 12.1 Å². The number of carbonyl (C=O) groups is 3. The molecule has 2 aliphatic heterocycles. The molecule has 1 unspecified atom stereocenters. The van der Waals surface area contributed by atoms with Crippen molar-refractivity contribution in [3.63, 3.8) is 0 Å². The van der Waals surface area contributed by atoms with Crippen molar-refractivity contribution in [1.82, 2.24) is 14.7 Å². The second kappa shape index (κ2) is 10.5. The van der Waals surface area contributed by atoms with Crippen molar-refractivity contribution in [2.75, 3.05) is 39.3 Å². The molecular weight excluding hydrogens is 459 g/mol. The van der Waals surface area contributed by atoms with Gasteiger partial charge < -0.3 is 14.7 Å². The van der Waals surface area contributed by atoms with Gasteiger partial charge in [0.05, 0.1) is 17.9 Å². The summed E-state index contributed by atoms with van der Waals surface area (Å²) in [6, 6.07) is 13.7. The van der Waals surface area contributed by atoms with Crippen LogP contribution in [0.25, 0.3) is 0 Å². The molecule has 0 radical (unpaired) electrons. The number of likely N-dealkylation sites (tertiary alicyclic amines) is 1. The summed E-state index contributed by atoms with van der Waals surface area (Å²) in [5.41, 5.74) is 0.339. The average Bonchev–Trinajstić information content (AvgIpc) is 2.88. The monoisotopic (exact) mass is 487 g/mol. The van der Waals surface area contributed by atoms with Gasteiger partial charge in [-0.2, -0.15) is 13.2 Å². The standard InChI is InChI=1S/C26H28F3N3O3/c27-26(28,29)22-10-8-20(9-11-22)24(34)30-13-15-31(16-14-30)25(35)21-7-4-12-32(18-21)23(33)17-19-5-2-1-3-6-19/h1-3,5-6,8-11,21H,4,7,12-18H2. The van der Waals surface area contributed by atoms with Crippen LogP contribution in [0.2, 0.25) is 0 Å². The fraction of sp³-hybridized carbons (Fsp3) is 0.423. The van der Waals surface area contributed by atoms with Crippen LogP contribution < -0.4 is 0 Å². The Bertz CT molecular complexity index is 1050. The normalized spacial score (nSPS) is 18.9. The molecule has 2 aromatic rings. The van der Waals surface area contributed by atoms with Gasteiger partial charge in [-0.15, -0.1) is 0 Å². The summed E-state index contributed by atoms with van der Waals surface area (Å²) in [5, 5.41) is 0. The highest BCUT2D eigenvalue weighted by atomic mass is 19.4. The Morgan fingerprint density at radius 2 is 1.43 bits per heavy atom. The third kappa shape index (κ3) is 6.01. The number of piperidine rings is 1. The molecule has 2 heterocycles. The van der Waals surface area contributed by atoms with Gasteiger partial charge in [0.25, 0.3) is 5.91 Å². The summed E-state index contributed by atoms with van der Waals surface area (Å²) in [6.45, 7) is 2.39. The number of hydrogen-bond donors (Lipinski definition) is 0. The van der Waals surface area contributed by atoms with Gasteiger partial charge in [-0.3, -0.25) is 14.4 Å². The second-order valence-corrected chi connectivity index (χ2v) is 9.03. The lowest BCUT2D eigenvalue weighted by atomic mass is 9.95. The van der Waals surface area contributed by atoms with Crippen molar-refractivity contribution < 1.29 is 27.6 Å². The van der Waals surface area contributed by atoms with Crippen molar-refractivity contribution >= 4 is 17.7 Å². The molecule has 1 atom stereocenters. The van der Waals surface area contributed by atoms with Gasteiger partial charge in [0, 0.05) is 44.8 Å². The Balaban J connectivity index is 1.29. The molecule has 2 saturated heterocycles. The minimum absolute atomic E-state index is 0.0103. The largest absolute Gasteiger partial charge is 0.416 e. The summed E-state index contributed by atoms with van der Waals surface area (Å²) >= 11 is 0. The number of benzene rings is 2. The maximum absolute atomic E-state index is 13.1. The second-order valence-electron chi connectivity index (χ2n) is 9.03. The number of rotatable bonds is 4. The summed E-state index contributed by atoms with van der Waals surface area (Å²) in [6.07, 6.45) is -2.65. The van der Waals surface area contributed by atoms with E-state index in [2.05, 4.69) is 0 Å². The van der Waals surface area contributed by atoms with Gasteiger partial charge in [0.1, 0.15) is 0 Å². The summed E-state index contributed by atoms with van der Waals surface area (Å²) in [7, 11) is 0. The fourth-order valence-corrected chi connectivity index (χ4v) is 4.66. The Hall–Kier alpha value is -3.36. The van der Waals surface area contributed by atoms with Crippen LogP contribution in [0.4, 0.5) is 13.2 Å². The van der Waals surface area contributed by atoms with Gasteiger partial charge >= 0.3 is 6.18 Å². The van der Waals surface area contributed by atoms with Crippen LogP contribution in [-0.2, 0) is 22.2 Å². The van der Waals surface area contributed by atoms with E-state index in [-0.39, 0.29) is 29.2 Å². The highest BCUT2D eigenvalue weighted by Gasteiger charge is 2.34. The minimum Gasteiger partial charge on any atom is -0.342 e. The van der Waals surface area contributed by atoms with E-state index in [0.29, 0.717) is 45.7 Å². The Morgan fingerprint density at radius 1 is 0.800 bits per heavy atom. The van der Waals surface area contributed by atoms with Crippen LogP contribution in [0.15, 0.2) is 54.6 Å². The summed E-state index contributed by atoms with van der Waals surface area (Å²) < 4.78 is 38.3. The predicted octanol–water partition coefficient (Wildman–Crippen LogP) is 3.47. The smallest absolute Gasteiger partial charge is 0.342 e. The lowest BCUT2D eigenvalue weighted by molar-refractivity contribution is -0.142. The van der Waals surface area contributed by atoms with Gasteiger partial charge in [0.2, 0.25) is 11.8 Å². The van der Waals surface area contributed by atoms with E-state index in [4.69, 9.17) is 0 Å². The van der Waals surface area contributed by atoms with Crippen molar-refractivity contribution in [2.45, 2.75) is 25.4 Å². The molecule has 2 fully saturated rings. The van der Waals surface area contributed by atoms with E-state index in [1.54, 1.807) is 14.7 Å². The molecule has 0 bridgehead atoms. The van der Waals surface area contributed by atoms with Crippen LogP contribution >= 0.6 is 0 Å². The third-order valence-corrected chi connectivity index (χ3v) is 6.66. The van der Waals surface area contributed by atoms with Gasteiger partial charge in [-0.1, -0.05) is 30.3 Å². The Morgan fingerprint density at radius 3 is 2.06 bits per heavy atom. The zero-order valence-electron chi connectivity index (χ0n) is 19.3. The van der Waals surface area contributed by atoms with Crippen molar-refractivity contribution in [3.8, 4) is 0 Å². The van der Waals surface area contributed by atoms with E-state index in [9.17, 15) is 27.6 Å². The van der Waals surface area contributed by atoms with E-state index < -0.39 is 11.7 Å². The summed E-state index contributed by atoms with van der Waals surface area (Å²) in [5.74, 6) is -0.605. The van der Waals surface area contributed by atoms with Gasteiger partial charge in [-0.25, -0.2) is 0 Å². The molecule has 0 aromatic heterocycles.